The van der Waals surface area contributed by atoms with Gasteiger partial charge in [0.05, 0.1) is 26.8 Å². The molecule has 3 aromatic carbocycles. The van der Waals surface area contributed by atoms with Crippen LogP contribution in [0.2, 0.25) is 15.1 Å². The van der Waals surface area contributed by atoms with Crippen LogP contribution in [0.5, 0.6) is 0 Å². The molecule has 0 fully saturated rings. The molecule has 0 amide bonds. The third-order valence-corrected chi connectivity index (χ3v) is 5.46. The van der Waals surface area contributed by atoms with Crippen molar-refractivity contribution in [1.82, 2.24) is 9.97 Å². The van der Waals surface area contributed by atoms with E-state index in [-0.39, 0.29) is 0 Å². The Labute approximate surface area is 177 Å². The minimum absolute atomic E-state index is 0.537. The molecule has 4 nitrogen and oxygen atoms in total. The van der Waals surface area contributed by atoms with Crippen molar-refractivity contribution in [1.29, 1.82) is 0 Å². The van der Waals surface area contributed by atoms with Gasteiger partial charge in [0.2, 0.25) is 5.95 Å². The highest BCUT2D eigenvalue weighted by Gasteiger charge is 2.09. The molecule has 28 heavy (non-hydrogen) atoms. The Morgan fingerprint density at radius 3 is 2.46 bits per heavy atom. The summed E-state index contributed by atoms with van der Waals surface area (Å²) in [7, 11) is 0. The SMILES string of the molecule is Cc1ccc(NCc2ccc3nc(Nc4c(Cl)cccc4Cl)[nH]c3c2)cc1Cl. The van der Waals surface area contributed by atoms with Crippen LogP contribution < -0.4 is 10.6 Å². The second-order valence-corrected chi connectivity index (χ2v) is 7.70. The molecule has 0 atom stereocenters. The van der Waals surface area contributed by atoms with E-state index in [0.29, 0.717) is 28.2 Å². The number of nitrogens with one attached hydrogen (secondary N) is 3. The van der Waals surface area contributed by atoms with Crippen LogP contribution in [0.1, 0.15) is 11.1 Å². The number of fused-ring (bicyclic) bond motifs is 1. The van der Waals surface area contributed by atoms with Crippen molar-refractivity contribution >= 4 is 63.2 Å². The van der Waals surface area contributed by atoms with E-state index in [9.17, 15) is 0 Å². The number of hydrogen-bond donors (Lipinski definition) is 3. The molecule has 1 heterocycles. The smallest absolute Gasteiger partial charge is 0.205 e. The van der Waals surface area contributed by atoms with E-state index in [1.807, 2.05) is 37.3 Å². The highest BCUT2D eigenvalue weighted by Crippen LogP contribution is 2.32. The van der Waals surface area contributed by atoms with E-state index in [1.54, 1.807) is 18.2 Å². The monoisotopic (exact) mass is 430 g/mol. The quantitative estimate of drug-likeness (QED) is 0.313. The molecule has 1 aromatic heterocycles. The number of aryl methyl sites for hydroxylation is 1. The predicted octanol–water partition coefficient (Wildman–Crippen LogP) is 7.19. The molecule has 0 saturated carbocycles. The summed E-state index contributed by atoms with van der Waals surface area (Å²) >= 11 is 18.6. The van der Waals surface area contributed by atoms with E-state index in [2.05, 4.69) is 26.7 Å². The Morgan fingerprint density at radius 2 is 1.71 bits per heavy atom. The molecule has 0 bridgehead atoms. The second kappa shape index (κ2) is 7.92. The molecule has 4 rings (SSSR count). The van der Waals surface area contributed by atoms with Crippen molar-refractivity contribution in [2.75, 3.05) is 10.6 Å². The van der Waals surface area contributed by atoms with E-state index in [1.165, 1.54) is 0 Å². The van der Waals surface area contributed by atoms with E-state index in [4.69, 9.17) is 34.8 Å². The fourth-order valence-electron chi connectivity index (χ4n) is 2.87. The van der Waals surface area contributed by atoms with Crippen molar-refractivity contribution in [2.24, 2.45) is 0 Å². The van der Waals surface area contributed by atoms with Gasteiger partial charge in [-0.05, 0) is 54.4 Å². The first kappa shape index (κ1) is 18.9. The minimum Gasteiger partial charge on any atom is -0.381 e. The Hall–Kier alpha value is -2.40. The largest absolute Gasteiger partial charge is 0.381 e. The maximum Gasteiger partial charge on any atom is 0.205 e. The normalized spacial score (nSPS) is 11.0. The number of rotatable bonds is 5. The van der Waals surface area contributed by atoms with Crippen LogP contribution in [0.3, 0.4) is 0 Å². The lowest BCUT2D eigenvalue weighted by Crippen LogP contribution is -1.99. The van der Waals surface area contributed by atoms with Crippen LogP contribution in [0.4, 0.5) is 17.3 Å². The lowest BCUT2D eigenvalue weighted by Gasteiger charge is -2.08. The zero-order chi connectivity index (χ0) is 19.7. The number of anilines is 3. The van der Waals surface area contributed by atoms with Crippen LogP contribution >= 0.6 is 34.8 Å². The highest BCUT2D eigenvalue weighted by molar-refractivity contribution is 6.39. The standard InChI is InChI=1S/C21H17Cl3N4/c1-12-5-7-14(10-17(12)24)25-11-13-6-8-18-19(9-13)27-21(26-18)28-20-15(22)3-2-4-16(20)23/h2-10,25H,11H2,1H3,(H2,26,27,28). The zero-order valence-corrected chi connectivity index (χ0v) is 17.3. The van der Waals surface area contributed by atoms with Gasteiger partial charge in [-0.2, -0.15) is 0 Å². The Morgan fingerprint density at radius 1 is 0.929 bits per heavy atom. The van der Waals surface area contributed by atoms with Gasteiger partial charge in [0.1, 0.15) is 0 Å². The predicted molar refractivity (Wildman–Crippen MR) is 119 cm³/mol. The van der Waals surface area contributed by atoms with Crippen LogP contribution in [0, 0.1) is 6.92 Å². The highest BCUT2D eigenvalue weighted by atomic mass is 35.5. The lowest BCUT2D eigenvalue weighted by atomic mass is 10.2. The number of H-pyrrole nitrogens is 1. The third kappa shape index (κ3) is 4.04. The number of para-hydroxylation sites is 1. The molecule has 3 N–H and O–H groups in total. The molecule has 7 heteroatoms. The molecule has 142 valence electrons. The summed E-state index contributed by atoms with van der Waals surface area (Å²) in [6.07, 6.45) is 0. The number of halogens is 3. The van der Waals surface area contributed by atoms with Crippen LogP contribution in [0.15, 0.2) is 54.6 Å². The van der Waals surface area contributed by atoms with E-state index >= 15 is 0 Å². The molecule has 4 aromatic rings. The van der Waals surface area contributed by atoms with Crippen molar-refractivity contribution < 1.29 is 0 Å². The second-order valence-electron chi connectivity index (χ2n) is 6.48. The fourth-order valence-corrected chi connectivity index (χ4v) is 3.54. The van der Waals surface area contributed by atoms with Crippen molar-refractivity contribution in [3.8, 4) is 0 Å². The number of aromatic nitrogens is 2. The maximum absolute atomic E-state index is 6.22. The Kier molecular flexibility index (Phi) is 5.36. The van der Waals surface area contributed by atoms with Gasteiger partial charge < -0.3 is 15.6 Å². The van der Waals surface area contributed by atoms with Gasteiger partial charge in [-0.1, -0.05) is 53.0 Å². The van der Waals surface area contributed by atoms with Crippen molar-refractivity contribution in [2.45, 2.75) is 13.5 Å². The maximum atomic E-state index is 6.22. The number of hydrogen-bond acceptors (Lipinski definition) is 3. The summed E-state index contributed by atoms with van der Waals surface area (Å²) in [6.45, 7) is 2.66. The summed E-state index contributed by atoms with van der Waals surface area (Å²) in [5.74, 6) is 0.584. The van der Waals surface area contributed by atoms with Crippen molar-refractivity contribution in [3.05, 3.63) is 80.8 Å². The topological polar surface area (TPSA) is 52.7 Å². The van der Waals surface area contributed by atoms with Gasteiger partial charge in [-0.15, -0.1) is 0 Å². The van der Waals surface area contributed by atoms with E-state index < -0.39 is 0 Å². The molecule has 0 saturated heterocycles. The molecule has 0 unspecified atom stereocenters. The molecular formula is C21H17Cl3N4. The van der Waals surface area contributed by atoms with Gasteiger partial charge in [0.15, 0.2) is 0 Å². The summed E-state index contributed by atoms with van der Waals surface area (Å²) in [5, 5.41) is 8.37. The summed E-state index contributed by atoms with van der Waals surface area (Å²) in [6, 6.07) is 17.4. The van der Waals surface area contributed by atoms with Gasteiger partial charge >= 0.3 is 0 Å². The fraction of sp³-hybridized carbons (Fsp3) is 0.0952. The number of benzene rings is 3. The number of imidazole rings is 1. The zero-order valence-electron chi connectivity index (χ0n) is 15.0. The molecule has 0 spiro atoms. The van der Waals surface area contributed by atoms with E-state index in [0.717, 1.165) is 32.9 Å². The molecule has 0 aliphatic heterocycles. The third-order valence-electron chi connectivity index (χ3n) is 4.42. The molecule has 0 radical (unpaired) electrons. The van der Waals surface area contributed by atoms with Crippen molar-refractivity contribution in [3.63, 3.8) is 0 Å². The van der Waals surface area contributed by atoms with Gasteiger partial charge in [-0.25, -0.2) is 4.98 Å². The lowest BCUT2D eigenvalue weighted by molar-refractivity contribution is 1.15. The number of nitrogens with zero attached hydrogens (tertiary/aromatic N) is 1. The Balaban J connectivity index is 1.52. The number of aromatic amines is 1. The summed E-state index contributed by atoms with van der Waals surface area (Å²) < 4.78 is 0. The van der Waals surface area contributed by atoms with Crippen LogP contribution in [-0.4, -0.2) is 9.97 Å². The first-order valence-corrected chi connectivity index (χ1v) is 9.83. The van der Waals surface area contributed by atoms with Gasteiger partial charge in [-0.3, -0.25) is 0 Å². The molecule has 0 aliphatic rings. The van der Waals surface area contributed by atoms with Crippen LogP contribution in [0.25, 0.3) is 11.0 Å². The van der Waals surface area contributed by atoms with Gasteiger partial charge in [0.25, 0.3) is 0 Å². The average Bonchev–Trinajstić information content (AvgIpc) is 3.07. The molecule has 0 aliphatic carbocycles. The summed E-state index contributed by atoms with van der Waals surface area (Å²) in [4.78, 5) is 7.81. The van der Waals surface area contributed by atoms with Crippen LogP contribution in [-0.2, 0) is 6.54 Å². The summed E-state index contributed by atoms with van der Waals surface area (Å²) in [5.41, 5.74) is 5.57. The first-order chi connectivity index (χ1) is 13.5. The average molecular weight is 432 g/mol. The minimum atomic E-state index is 0.537. The van der Waals surface area contributed by atoms with Gasteiger partial charge in [0, 0.05) is 17.3 Å². The molecular weight excluding hydrogens is 415 g/mol. The first-order valence-electron chi connectivity index (χ1n) is 8.69. The Bertz CT molecular complexity index is 1130.